The molecule has 0 bridgehead atoms. The quantitative estimate of drug-likeness (QED) is 0.902. The second-order valence-electron chi connectivity index (χ2n) is 6.16. The van der Waals surface area contributed by atoms with Crippen molar-refractivity contribution < 1.29 is 0 Å². The van der Waals surface area contributed by atoms with Crippen molar-refractivity contribution in [1.82, 2.24) is 15.2 Å². The van der Waals surface area contributed by atoms with E-state index in [1.807, 2.05) is 18.5 Å². The molecule has 2 heterocycles. The van der Waals surface area contributed by atoms with Crippen LogP contribution in [0.4, 0.5) is 0 Å². The SMILES string of the molecule is c1cncc(CCN2CCNC3(CCCCC3)C2)c1. The summed E-state index contributed by atoms with van der Waals surface area (Å²) in [4.78, 5) is 6.85. The van der Waals surface area contributed by atoms with Gasteiger partial charge in [0.25, 0.3) is 0 Å². The van der Waals surface area contributed by atoms with Crippen LogP contribution in [0.2, 0.25) is 0 Å². The third-order valence-corrected chi connectivity index (χ3v) is 4.70. The van der Waals surface area contributed by atoms with Crippen LogP contribution in [0, 0.1) is 0 Å². The fraction of sp³-hybridized carbons (Fsp3) is 0.688. The van der Waals surface area contributed by atoms with Gasteiger partial charge < -0.3 is 5.32 Å². The van der Waals surface area contributed by atoms with Crippen LogP contribution in [0.25, 0.3) is 0 Å². The number of hydrogen-bond acceptors (Lipinski definition) is 3. The maximum absolute atomic E-state index is 4.20. The van der Waals surface area contributed by atoms with Crippen molar-refractivity contribution in [3.63, 3.8) is 0 Å². The molecule has 0 atom stereocenters. The molecular weight excluding hydrogens is 234 g/mol. The average Bonchev–Trinajstić information content (AvgIpc) is 2.47. The Morgan fingerprint density at radius 3 is 2.95 bits per heavy atom. The van der Waals surface area contributed by atoms with E-state index in [9.17, 15) is 0 Å². The molecule has 0 aromatic carbocycles. The van der Waals surface area contributed by atoms with Gasteiger partial charge >= 0.3 is 0 Å². The van der Waals surface area contributed by atoms with Crippen molar-refractivity contribution in [3.8, 4) is 0 Å². The molecule has 1 aromatic heterocycles. The third-order valence-electron chi connectivity index (χ3n) is 4.70. The van der Waals surface area contributed by atoms with Crippen molar-refractivity contribution in [3.05, 3.63) is 30.1 Å². The Morgan fingerprint density at radius 1 is 1.26 bits per heavy atom. The van der Waals surface area contributed by atoms with Gasteiger partial charge in [-0.3, -0.25) is 9.88 Å². The van der Waals surface area contributed by atoms with Crippen molar-refractivity contribution in [2.75, 3.05) is 26.2 Å². The molecule has 1 aliphatic heterocycles. The van der Waals surface area contributed by atoms with E-state index in [2.05, 4.69) is 21.3 Å². The minimum atomic E-state index is 0.436. The molecule has 1 saturated carbocycles. The Hall–Kier alpha value is -0.930. The molecule has 2 fully saturated rings. The largest absolute Gasteiger partial charge is 0.309 e. The summed E-state index contributed by atoms with van der Waals surface area (Å²) in [6.07, 6.45) is 12.0. The zero-order valence-electron chi connectivity index (χ0n) is 11.8. The average molecular weight is 259 g/mol. The molecule has 3 rings (SSSR count). The van der Waals surface area contributed by atoms with Gasteiger partial charge in [0, 0.05) is 44.1 Å². The van der Waals surface area contributed by atoms with E-state index in [1.54, 1.807) is 0 Å². The van der Waals surface area contributed by atoms with E-state index in [1.165, 1.54) is 57.3 Å². The lowest BCUT2D eigenvalue weighted by molar-refractivity contribution is 0.100. The lowest BCUT2D eigenvalue weighted by atomic mass is 9.80. The molecule has 1 saturated heterocycles. The van der Waals surface area contributed by atoms with Gasteiger partial charge in [0.2, 0.25) is 0 Å². The first kappa shape index (κ1) is 13.1. The van der Waals surface area contributed by atoms with Gasteiger partial charge in [0.05, 0.1) is 0 Å². The highest BCUT2D eigenvalue weighted by molar-refractivity contribution is 5.09. The topological polar surface area (TPSA) is 28.2 Å². The minimum Gasteiger partial charge on any atom is -0.309 e. The summed E-state index contributed by atoms with van der Waals surface area (Å²) >= 11 is 0. The summed E-state index contributed by atoms with van der Waals surface area (Å²) in [6, 6.07) is 4.22. The molecule has 1 N–H and O–H groups in total. The summed E-state index contributed by atoms with van der Waals surface area (Å²) in [7, 11) is 0. The van der Waals surface area contributed by atoms with Crippen molar-refractivity contribution in [1.29, 1.82) is 0 Å². The van der Waals surface area contributed by atoms with Crippen LogP contribution in [-0.2, 0) is 6.42 Å². The third kappa shape index (κ3) is 3.34. The fourth-order valence-corrected chi connectivity index (χ4v) is 3.63. The monoisotopic (exact) mass is 259 g/mol. The highest BCUT2D eigenvalue weighted by Crippen LogP contribution is 2.30. The highest BCUT2D eigenvalue weighted by Gasteiger charge is 2.35. The van der Waals surface area contributed by atoms with E-state index in [0.717, 1.165) is 13.0 Å². The van der Waals surface area contributed by atoms with Gasteiger partial charge in [-0.25, -0.2) is 0 Å². The van der Waals surface area contributed by atoms with Crippen LogP contribution in [0.1, 0.15) is 37.7 Å². The van der Waals surface area contributed by atoms with Crippen molar-refractivity contribution in [2.45, 2.75) is 44.1 Å². The zero-order valence-corrected chi connectivity index (χ0v) is 11.8. The van der Waals surface area contributed by atoms with Gasteiger partial charge in [0.1, 0.15) is 0 Å². The van der Waals surface area contributed by atoms with Gasteiger partial charge in [-0.05, 0) is 30.9 Å². The van der Waals surface area contributed by atoms with Crippen LogP contribution in [-0.4, -0.2) is 41.6 Å². The molecule has 104 valence electrons. The van der Waals surface area contributed by atoms with Crippen LogP contribution < -0.4 is 5.32 Å². The molecule has 19 heavy (non-hydrogen) atoms. The number of pyridine rings is 1. The summed E-state index contributed by atoms with van der Waals surface area (Å²) in [5.74, 6) is 0. The van der Waals surface area contributed by atoms with Gasteiger partial charge in [-0.1, -0.05) is 25.3 Å². The maximum Gasteiger partial charge on any atom is 0.0309 e. The molecule has 0 radical (unpaired) electrons. The van der Waals surface area contributed by atoms with Gasteiger partial charge in [0.15, 0.2) is 0 Å². The molecular formula is C16H25N3. The number of piperazine rings is 1. The molecule has 0 unspecified atom stereocenters. The number of rotatable bonds is 3. The number of hydrogen-bond donors (Lipinski definition) is 1. The number of nitrogens with one attached hydrogen (secondary N) is 1. The standard InChI is InChI=1S/C16H25N3/c1-2-7-16(8-3-1)14-19(12-10-18-16)11-6-15-5-4-9-17-13-15/h4-5,9,13,18H,1-3,6-8,10-12,14H2. The first-order valence-corrected chi connectivity index (χ1v) is 7.73. The molecule has 2 aliphatic rings. The smallest absolute Gasteiger partial charge is 0.0309 e. The van der Waals surface area contributed by atoms with E-state index >= 15 is 0 Å². The number of aromatic nitrogens is 1. The van der Waals surface area contributed by atoms with E-state index < -0.39 is 0 Å². The van der Waals surface area contributed by atoms with Crippen molar-refractivity contribution >= 4 is 0 Å². The first-order chi connectivity index (χ1) is 9.36. The normalized spacial score (nSPS) is 23.6. The summed E-state index contributed by atoms with van der Waals surface area (Å²) in [5.41, 5.74) is 1.80. The van der Waals surface area contributed by atoms with Crippen LogP contribution in [0.3, 0.4) is 0 Å². The molecule has 1 aliphatic carbocycles. The zero-order chi connectivity index (χ0) is 13.0. The summed E-state index contributed by atoms with van der Waals surface area (Å²) < 4.78 is 0. The minimum absolute atomic E-state index is 0.436. The second kappa shape index (κ2) is 6.02. The predicted octanol–water partition coefficient (Wildman–Crippen LogP) is 2.23. The van der Waals surface area contributed by atoms with E-state index in [4.69, 9.17) is 0 Å². The Morgan fingerprint density at radius 2 is 2.16 bits per heavy atom. The van der Waals surface area contributed by atoms with Crippen LogP contribution in [0.15, 0.2) is 24.5 Å². The van der Waals surface area contributed by atoms with Gasteiger partial charge in [-0.15, -0.1) is 0 Å². The lowest BCUT2D eigenvalue weighted by Crippen LogP contribution is -2.61. The van der Waals surface area contributed by atoms with Crippen LogP contribution >= 0.6 is 0 Å². The lowest BCUT2D eigenvalue weighted by Gasteiger charge is -2.46. The summed E-state index contributed by atoms with van der Waals surface area (Å²) in [6.45, 7) is 4.78. The second-order valence-corrected chi connectivity index (χ2v) is 6.16. The fourth-order valence-electron chi connectivity index (χ4n) is 3.63. The predicted molar refractivity (Wildman–Crippen MR) is 78.2 cm³/mol. The van der Waals surface area contributed by atoms with Crippen LogP contribution in [0.5, 0.6) is 0 Å². The van der Waals surface area contributed by atoms with Gasteiger partial charge in [-0.2, -0.15) is 0 Å². The van der Waals surface area contributed by atoms with E-state index in [0.29, 0.717) is 5.54 Å². The molecule has 3 heteroatoms. The summed E-state index contributed by atoms with van der Waals surface area (Å²) in [5, 5.41) is 3.81. The highest BCUT2D eigenvalue weighted by atomic mass is 15.2. The Labute approximate surface area is 116 Å². The first-order valence-electron chi connectivity index (χ1n) is 7.73. The Balaban J connectivity index is 1.53. The number of nitrogens with zero attached hydrogens (tertiary/aromatic N) is 2. The maximum atomic E-state index is 4.20. The Kier molecular flexibility index (Phi) is 4.14. The van der Waals surface area contributed by atoms with Crippen molar-refractivity contribution in [2.24, 2.45) is 0 Å². The van der Waals surface area contributed by atoms with E-state index in [-0.39, 0.29) is 0 Å². The molecule has 1 aromatic rings. The molecule has 0 amide bonds. The molecule has 3 nitrogen and oxygen atoms in total. The Bertz CT molecular complexity index is 379. The molecule has 1 spiro atoms.